The van der Waals surface area contributed by atoms with E-state index in [4.69, 9.17) is 0 Å². The Morgan fingerprint density at radius 3 is 2.83 bits per heavy atom. The van der Waals surface area contributed by atoms with Crippen LogP contribution in [-0.4, -0.2) is 9.67 Å². The Labute approximate surface area is 113 Å². The quantitative estimate of drug-likeness (QED) is 0.926. The van der Waals surface area contributed by atoms with Crippen molar-refractivity contribution in [1.82, 2.24) is 4.57 Å². The maximum Gasteiger partial charge on any atom is 0.257 e. The van der Waals surface area contributed by atoms with Crippen molar-refractivity contribution in [3.05, 3.63) is 38.6 Å². The molecule has 0 spiro atoms. The third kappa shape index (κ3) is 1.85. The Bertz CT molecular complexity index is 686. The third-order valence-electron chi connectivity index (χ3n) is 3.56. The monoisotopic (exact) mass is 307 g/mol. The first-order valence-corrected chi connectivity index (χ1v) is 6.89. The number of halogens is 1. The van der Waals surface area contributed by atoms with Gasteiger partial charge in [-0.1, -0.05) is 15.9 Å². The average molecular weight is 308 g/mol. The largest absolute Gasteiger partial charge is 0.507 e. The van der Waals surface area contributed by atoms with Crippen LogP contribution in [0.3, 0.4) is 0 Å². The highest BCUT2D eigenvalue weighted by Crippen LogP contribution is 2.33. The summed E-state index contributed by atoms with van der Waals surface area (Å²) in [5.41, 5.74) is 1.17. The Morgan fingerprint density at radius 2 is 2.17 bits per heavy atom. The molecule has 0 aliphatic heterocycles. The number of nitrogens with zero attached hydrogens (tertiary/aromatic N) is 1. The van der Waals surface area contributed by atoms with Crippen LogP contribution in [0.4, 0.5) is 0 Å². The predicted octanol–water partition coefficient (Wildman–Crippen LogP) is 3.19. The van der Waals surface area contributed by atoms with E-state index in [9.17, 15) is 9.90 Å². The minimum atomic E-state index is -0.0787. The summed E-state index contributed by atoms with van der Waals surface area (Å²) in [4.78, 5) is 12.3. The molecule has 18 heavy (non-hydrogen) atoms. The van der Waals surface area contributed by atoms with Crippen molar-refractivity contribution in [2.24, 2.45) is 5.92 Å². The summed E-state index contributed by atoms with van der Waals surface area (Å²) in [5.74, 6) is 0.725. The van der Waals surface area contributed by atoms with Gasteiger partial charge in [0, 0.05) is 16.4 Å². The van der Waals surface area contributed by atoms with Crippen molar-refractivity contribution in [3.8, 4) is 5.75 Å². The third-order valence-corrected chi connectivity index (χ3v) is 4.06. The SMILES string of the molecule is Cc1c(O)c2ccc(Br)cc2n(CC2CC2)c1=O. The van der Waals surface area contributed by atoms with Gasteiger partial charge in [-0.3, -0.25) is 4.79 Å². The first-order valence-electron chi connectivity index (χ1n) is 6.09. The summed E-state index contributed by atoms with van der Waals surface area (Å²) in [5, 5.41) is 10.8. The van der Waals surface area contributed by atoms with Gasteiger partial charge < -0.3 is 9.67 Å². The number of aromatic nitrogens is 1. The van der Waals surface area contributed by atoms with E-state index >= 15 is 0 Å². The van der Waals surface area contributed by atoms with Crippen LogP contribution in [-0.2, 0) is 6.54 Å². The van der Waals surface area contributed by atoms with E-state index in [1.807, 2.05) is 18.2 Å². The van der Waals surface area contributed by atoms with Crippen LogP contribution in [0.2, 0.25) is 0 Å². The zero-order valence-electron chi connectivity index (χ0n) is 10.1. The van der Waals surface area contributed by atoms with Gasteiger partial charge in [-0.2, -0.15) is 0 Å². The van der Waals surface area contributed by atoms with E-state index in [0.29, 0.717) is 11.5 Å². The number of benzene rings is 1. The normalized spacial score (nSPS) is 15.2. The first-order chi connectivity index (χ1) is 8.58. The van der Waals surface area contributed by atoms with Gasteiger partial charge >= 0.3 is 0 Å². The van der Waals surface area contributed by atoms with Crippen LogP contribution in [0.15, 0.2) is 27.5 Å². The van der Waals surface area contributed by atoms with Crippen LogP contribution in [0.25, 0.3) is 10.9 Å². The minimum absolute atomic E-state index is 0.0787. The van der Waals surface area contributed by atoms with Gasteiger partial charge in [0.15, 0.2) is 0 Å². The molecule has 1 fully saturated rings. The first kappa shape index (κ1) is 11.8. The molecule has 2 aromatic rings. The molecule has 3 rings (SSSR count). The van der Waals surface area contributed by atoms with Crippen molar-refractivity contribution in [3.63, 3.8) is 0 Å². The van der Waals surface area contributed by atoms with Crippen molar-refractivity contribution in [1.29, 1.82) is 0 Å². The molecular weight excluding hydrogens is 294 g/mol. The Balaban J connectivity index is 2.35. The molecule has 0 saturated heterocycles. The fraction of sp³-hybridized carbons (Fsp3) is 0.357. The number of fused-ring (bicyclic) bond motifs is 1. The molecule has 4 heteroatoms. The highest BCUT2D eigenvalue weighted by Gasteiger charge is 2.24. The average Bonchev–Trinajstić information content (AvgIpc) is 3.16. The molecule has 1 aromatic heterocycles. The summed E-state index contributed by atoms with van der Waals surface area (Å²) in [6.45, 7) is 2.44. The molecule has 3 nitrogen and oxygen atoms in total. The van der Waals surface area contributed by atoms with Crippen LogP contribution in [0.5, 0.6) is 5.75 Å². The summed E-state index contributed by atoms with van der Waals surface area (Å²) in [6, 6.07) is 5.64. The minimum Gasteiger partial charge on any atom is -0.507 e. The zero-order chi connectivity index (χ0) is 12.9. The van der Waals surface area contributed by atoms with Gasteiger partial charge in [-0.25, -0.2) is 0 Å². The number of pyridine rings is 1. The molecule has 0 bridgehead atoms. The molecule has 0 atom stereocenters. The van der Waals surface area contributed by atoms with E-state index in [2.05, 4.69) is 15.9 Å². The van der Waals surface area contributed by atoms with Gasteiger partial charge in [0.1, 0.15) is 5.75 Å². The van der Waals surface area contributed by atoms with Crippen molar-refractivity contribution >= 4 is 26.8 Å². The van der Waals surface area contributed by atoms with Gasteiger partial charge in [0.2, 0.25) is 0 Å². The smallest absolute Gasteiger partial charge is 0.257 e. The summed E-state index contributed by atoms with van der Waals surface area (Å²) < 4.78 is 2.72. The molecule has 1 N–H and O–H groups in total. The zero-order valence-corrected chi connectivity index (χ0v) is 11.7. The topological polar surface area (TPSA) is 42.2 Å². The van der Waals surface area contributed by atoms with Gasteiger partial charge in [-0.05, 0) is 43.9 Å². The molecule has 0 amide bonds. The number of hydrogen-bond acceptors (Lipinski definition) is 2. The standard InChI is InChI=1S/C14H14BrNO2/c1-8-13(17)11-5-4-10(15)6-12(11)16(14(8)18)7-9-2-3-9/h4-6,9,17H,2-3,7H2,1H3. The van der Waals surface area contributed by atoms with Crippen molar-refractivity contribution in [2.75, 3.05) is 0 Å². The van der Waals surface area contributed by atoms with Crippen molar-refractivity contribution in [2.45, 2.75) is 26.3 Å². The lowest BCUT2D eigenvalue weighted by atomic mass is 10.1. The summed E-state index contributed by atoms with van der Waals surface area (Å²) in [6.07, 6.45) is 2.39. The maximum absolute atomic E-state index is 12.3. The molecule has 0 radical (unpaired) electrons. The fourth-order valence-corrected chi connectivity index (χ4v) is 2.63. The van der Waals surface area contributed by atoms with Gasteiger partial charge in [0.05, 0.1) is 11.1 Å². The van der Waals surface area contributed by atoms with Crippen LogP contribution in [0, 0.1) is 12.8 Å². The second-order valence-corrected chi connectivity index (χ2v) is 5.91. The highest BCUT2D eigenvalue weighted by atomic mass is 79.9. The summed E-state index contributed by atoms with van der Waals surface area (Å²) in [7, 11) is 0. The molecular formula is C14H14BrNO2. The van der Waals surface area contributed by atoms with E-state index in [-0.39, 0.29) is 11.3 Å². The molecule has 1 aliphatic rings. The Hall–Kier alpha value is -1.29. The highest BCUT2D eigenvalue weighted by molar-refractivity contribution is 9.10. The van der Waals surface area contributed by atoms with Gasteiger partial charge in [-0.15, -0.1) is 0 Å². The second-order valence-electron chi connectivity index (χ2n) is 4.99. The maximum atomic E-state index is 12.3. The van der Waals surface area contributed by atoms with Crippen LogP contribution < -0.4 is 5.56 Å². The summed E-state index contributed by atoms with van der Waals surface area (Å²) >= 11 is 3.42. The molecule has 1 saturated carbocycles. The molecule has 1 aromatic carbocycles. The Morgan fingerprint density at radius 1 is 1.44 bits per heavy atom. The fourth-order valence-electron chi connectivity index (χ4n) is 2.28. The van der Waals surface area contributed by atoms with Crippen LogP contribution in [0.1, 0.15) is 18.4 Å². The lowest BCUT2D eigenvalue weighted by Crippen LogP contribution is -2.23. The lowest BCUT2D eigenvalue weighted by Gasteiger charge is -2.13. The second kappa shape index (κ2) is 4.12. The number of aromatic hydroxyl groups is 1. The van der Waals surface area contributed by atoms with E-state index in [0.717, 1.165) is 21.9 Å². The van der Waals surface area contributed by atoms with E-state index in [1.165, 1.54) is 12.8 Å². The van der Waals surface area contributed by atoms with Crippen molar-refractivity contribution < 1.29 is 5.11 Å². The lowest BCUT2D eigenvalue weighted by molar-refractivity contribution is 0.473. The Kier molecular flexibility index (Phi) is 2.70. The van der Waals surface area contributed by atoms with E-state index < -0.39 is 0 Å². The number of rotatable bonds is 2. The van der Waals surface area contributed by atoms with Crippen LogP contribution >= 0.6 is 15.9 Å². The van der Waals surface area contributed by atoms with E-state index in [1.54, 1.807) is 11.5 Å². The molecule has 0 unspecified atom stereocenters. The molecule has 1 aliphatic carbocycles. The molecule has 1 heterocycles. The number of hydrogen-bond donors (Lipinski definition) is 1. The molecule has 94 valence electrons. The predicted molar refractivity (Wildman–Crippen MR) is 75.0 cm³/mol. The van der Waals surface area contributed by atoms with Gasteiger partial charge in [0.25, 0.3) is 5.56 Å².